The first-order chi connectivity index (χ1) is 12.7. The molecule has 2 aliphatic rings. The minimum absolute atomic E-state index is 0.0262. The number of unbranched alkanes of at least 4 members (excludes halogenated alkanes) is 1. The zero-order valence-corrected chi connectivity index (χ0v) is 15.9. The normalized spacial score (nSPS) is 23.6. The van der Waals surface area contributed by atoms with E-state index in [1.165, 1.54) is 32.4 Å². The molecule has 1 amide bonds. The third-order valence-corrected chi connectivity index (χ3v) is 5.38. The number of amides is 1. The van der Waals surface area contributed by atoms with Crippen LogP contribution in [0.4, 0.5) is 10.5 Å². The Morgan fingerprint density at radius 3 is 2.88 bits per heavy atom. The van der Waals surface area contributed by atoms with Crippen LogP contribution >= 0.6 is 0 Å². The van der Waals surface area contributed by atoms with Gasteiger partial charge in [0.25, 0.3) is 0 Å². The molecule has 0 spiro atoms. The first-order valence-electron chi connectivity index (χ1n) is 10.2. The van der Waals surface area contributed by atoms with Crippen molar-refractivity contribution < 1.29 is 14.3 Å². The van der Waals surface area contributed by atoms with Gasteiger partial charge in [0.2, 0.25) is 0 Å². The fourth-order valence-corrected chi connectivity index (χ4v) is 3.96. The maximum atomic E-state index is 12.3. The van der Waals surface area contributed by atoms with Gasteiger partial charge in [-0.25, -0.2) is 4.79 Å². The van der Waals surface area contributed by atoms with Gasteiger partial charge in [0.15, 0.2) is 0 Å². The summed E-state index contributed by atoms with van der Waals surface area (Å²) in [7, 11) is 0. The summed E-state index contributed by atoms with van der Waals surface area (Å²) in [4.78, 5) is 14.9. The fraction of sp³-hybridized carbons (Fsp3) is 0.667. The highest BCUT2D eigenvalue weighted by Gasteiger charge is 2.30. The Hall–Kier alpha value is -1.75. The smallest absolute Gasteiger partial charge is 0.411 e. The quantitative estimate of drug-likeness (QED) is 0.708. The molecule has 26 heavy (non-hydrogen) atoms. The van der Waals surface area contributed by atoms with Crippen LogP contribution in [0.5, 0.6) is 5.75 Å². The monoisotopic (exact) mass is 360 g/mol. The maximum Gasteiger partial charge on any atom is 0.411 e. The molecule has 1 heterocycles. The second-order valence-corrected chi connectivity index (χ2v) is 7.45. The number of ether oxygens (including phenoxy) is 2. The van der Waals surface area contributed by atoms with E-state index in [9.17, 15) is 4.79 Å². The highest BCUT2D eigenvalue weighted by molar-refractivity contribution is 5.84. The van der Waals surface area contributed by atoms with E-state index in [1.54, 1.807) is 0 Å². The molecule has 144 valence electrons. The van der Waals surface area contributed by atoms with Crippen LogP contribution in [0.1, 0.15) is 58.3 Å². The lowest BCUT2D eigenvalue weighted by Gasteiger charge is -2.34. The van der Waals surface area contributed by atoms with E-state index in [2.05, 4.69) is 17.1 Å². The average Bonchev–Trinajstić information content (AvgIpc) is 3.17. The van der Waals surface area contributed by atoms with Gasteiger partial charge in [-0.3, -0.25) is 5.32 Å². The van der Waals surface area contributed by atoms with Crippen molar-refractivity contribution in [2.24, 2.45) is 0 Å². The first-order valence-corrected chi connectivity index (χ1v) is 10.2. The largest absolute Gasteiger partial charge is 0.494 e. The summed E-state index contributed by atoms with van der Waals surface area (Å²) in [6.07, 6.45) is 8.72. The molecule has 2 unspecified atom stereocenters. The van der Waals surface area contributed by atoms with Gasteiger partial charge < -0.3 is 14.4 Å². The van der Waals surface area contributed by atoms with Crippen molar-refractivity contribution in [3.63, 3.8) is 0 Å². The van der Waals surface area contributed by atoms with E-state index >= 15 is 0 Å². The molecule has 5 nitrogen and oxygen atoms in total. The topological polar surface area (TPSA) is 50.8 Å². The second kappa shape index (κ2) is 9.81. The van der Waals surface area contributed by atoms with Crippen LogP contribution < -0.4 is 10.1 Å². The second-order valence-electron chi connectivity index (χ2n) is 7.45. The van der Waals surface area contributed by atoms with Gasteiger partial charge in [-0.1, -0.05) is 19.4 Å². The van der Waals surface area contributed by atoms with Crippen molar-refractivity contribution in [1.29, 1.82) is 0 Å². The first kappa shape index (κ1) is 19.0. The highest BCUT2D eigenvalue weighted by Crippen LogP contribution is 2.28. The Morgan fingerprint density at radius 1 is 1.23 bits per heavy atom. The van der Waals surface area contributed by atoms with E-state index in [1.807, 2.05) is 24.3 Å². The van der Waals surface area contributed by atoms with E-state index in [0.717, 1.165) is 43.5 Å². The Kier molecular flexibility index (Phi) is 7.18. The van der Waals surface area contributed by atoms with Crippen LogP contribution in [0.15, 0.2) is 24.3 Å². The van der Waals surface area contributed by atoms with Crippen LogP contribution in [0.25, 0.3) is 0 Å². The van der Waals surface area contributed by atoms with E-state index in [-0.39, 0.29) is 12.2 Å². The van der Waals surface area contributed by atoms with Gasteiger partial charge in [0.1, 0.15) is 11.9 Å². The lowest BCUT2D eigenvalue weighted by atomic mass is 9.92. The van der Waals surface area contributed by atoms with Gasteiger partial charge in [-0.15, -0.1) is 0 Å². The van der Waals surface area contributed by atoms with Gasteiger partial charge in [0, 0.05) is 24.2 Å². The molecule has 3 rings (SSSR count). The molecule has 1 aliphatic carbocycles. The highest BCUT2D eigenvalue weighted by atomic mass is 16.6. The zero-order chi connectivity index (χ0) is 18.2. The summed E-state index contributed by atoms with van der Waals surface area (Å²) in [5, 5.41) is 2.85. The molecule has 2 atom stereocenters. The number of hydrogen-bond donors (Lipinski definition) is 1. The molecule has 2 fully saturated rings. The van der Waals surface area contributed by atoms with Crippen molar-refractivity contribution in [3.05, 3.63) is 24.3 Å². The lowest BCUT2D eigenvalue weighted by Crippen LogP contribution is -2.40. The van der Waals surface area contributed by atoms with E-state index in [0.29, 0.717) is 12.6 Å². The molecule has 1 saturated heterocycles. The predicted octanol–water partition coefficient (Wildman–Crippen LogP) is 4.82. The van der Waals surface area contributed by atoms with Crippen molar-refractivity contribution in [2.75, 3.05) is 25.0 Å². The molecule has 0 bridgehead atoms. The summed E-state index contributed by atoms with van der Waals surface area (Å²) < 4.78 is 11.4. The van der Waals surface area contributed by atoms with Crippen LogP contribution in [-0.2, 0) is 4.74 Å². The molecular formula is C21H32N2O3. The predicted molar refractivity (Wildman–Crippen MR) is 104 cm³/mol. The number of benzene rings is 1. The van der Waals surface area contributed by atoms with Gasteiger partial charge >= 0.3 is 6.09 Å². The Morgan fingerprint density at radius 2 is 2.08 bits per heavy atom. The van der Waals surface area contributed by atoms with Crippen molar-refractivity contribution >= 4 is 11.8 Å². The van der Waals surface area contributed by atoms with E-state index < -0.39 is 0 Å². The molecule has 5 heteroatoms. The van der Waals surface area contributed by atoms with E-state index in [4.69, 9.17) is 9.47 Å². The third-order valence-electron chi connectivity index (χ3n) is 5.38. The molecule has 0 aromatic heterocycles. The van der Waals surface area contributed by atoms with Crippen LogP contribution in [0.3, 0.4) is 0 Å². The SMILES string of the molecule is CCCCOc1cccc(NC(=O)OC2CCCC(N3CCCC3)C2)c1. The summed E-state index contributed by atoms with van der Waals surface area (Å²) in [5.74, 6) is 0.781. The number of carbonyl (C=O) groups excluding carboxylic acids is 1. The lowest BCUT2D eigenvalue weighted by molar-refractivity contribution is 0.0520. The molecule has 0 radical (unpaired) electrons. The Balaban J connectivity index is 1.46. The van der Waals surface area contributed by atoms with Crippen LogP contribution in [-0.4, -0.2) is 42.8 Å². The molecule has 1 N–H and O–H groups in total. The number of rotatable bonds is 7. The number of nitrogens with one attached hydrogen (secondary N) is 1. The molecule has 1 saturated carbocycles. The fourth-order valence-electron chi connectivity index (χ4n) is 3.96. The molecular weight excluding hydrogens is 328 g/mol. The van der Waals surface area contributed by atoms with Crippen LogP contribution in [0, 0.1) is 0 Å². The number of likely N-dealkylation sites (tertiary alicyclic amines) is 1. The van der Waals surface area contributed by atoms with Crippen LogP contribution in [0.2, 0.25) is 0 Å². The van der Waals surface area contributed by atoms with Gasteiger partial charge in [0.05, 0.1) is 6.61 Å². The summed E-state index contributed by atoms with van der Waals surface area (Å²) in [6.45, 7) is 5.24. The number of nitrogens with zero attached hydrogens (tertiary/aromatic N) is 1. The minimum atomic E-state index is -0.359. The molecule has 1 aromatic carbocycles. The average molecular weight is 360 g/mol. The molecule has 1 aliphatic heterocycles. The standard InChI is InChI=1S/C21H32N2O3/c1-2-3-14-25-19-10-6-8-17(15-19)22-21(24)26-20-11-7-9-18(16-20)23-12-4-5-13-23/h6,8,10,15,18,20H,2-5,7,9,11-14,16H2,1H3,(H,22,24). The van der Waals surface area contributed by atoms with Crippen molar-refractivity contribution in [1.82, 2.24) is 4.90 Å². The third kappa shape index (κ3) is 5.63. The number of anilines is 1. The number of hydrogen-bond acceptors (Lipinski definition) is 4. The molecule has 1 aromatic rings. The Bertz CT molecular complexity index is 572. The number of carbonyl (C=O) groups is 1. The summed E-state index contributed by atoms with van der Waals surface area (Å²) >= 11 is 0. The zero-order valence-electron chi connectivity index (χ0n) is 15.9. The van der Waals surface area contributed by atoms with Gasteiger partial charge in [-0.2, -0.15) is 0 Å². The van der Waals surface area contributed by atoms with Gasteiger partial charge in [-0.05, 0) is 63.7 Å². The van der Waals surface area contributed by atoms with Crippen molar-refractivity contribution in [2.45, 2.75) is 70.4 Å². The summed E-state index contributed by atoms with van der Waals surface area (Å²) in [5.41, 5.74) is 0.718. The minimum Gasteiger partial charge on any atom is -0.494 e. The maximum absolute atomic E-state index is 12.3. The summed E-state index contributed by atoms with van der Waals surface area (Å²) in [6, 6.07) is 8.10. The Labute approximate surface area is 157 Å². The van der Waals surface area contributed by atoms with Crippen molar-refractivity contribution in [3.8, 4) is 5.75 Å².